The molecule has 0 aromatic heterocycles. The SMILES string of the molecule is Cc1ccc(C#N)cc1OCc1ccc([N+](=O)[O-])c(N)c1. The number of rotatable bonds is 4. The molecule has 2 aromatic carbocycles. The molecule has 2 N–H and O–H groups in total. The van der Waals surface area contributed by atoms with E-state index in [4.69, 9.17) is 15.7 Å². The first-order valence-corrected chi connectivity index (χ1v) is 6.17. The van der Waals surface area contributed by atoms with Gasteiger partial charge in [0.1, 0.15) is 18.0 Å². The highest BCUT2D eigenvalue weighted by atomic mass is 16.6. The zero-order chi connectivity index (χ0) is 15.4. The topological polar surface area (TPSA) is 102 Å². The molecule has 0 unspecified atom stereocenters. The average molecular weight is 283 g/mol. The van der Waals surface area contributed by atoms with Crippen LogP contribution in [0, 0.1) is 28.4 Å². The van der Waals surface area contributed by atoms with Gasteiger partial charge >= 0.3 is 0 Å². The molecule has 0 aliphatic heterocycles. The van der Waals surface area contributed by atoms with Crippen LogP contribution in [0.2, 0.25) is 0 Å². The third-order valence-corrected chi connectivity index (χ3v) is 3.00. The zero-order valence-corrected chi connectivity index (χ0v) is 11.4. The lowest BCUT2D eigenvalue weighted by molar-refractivity contribution is -0.383. The predicted octanol–water partition coefficient (Wildman–Crippen LogP) is 2.94. The molecule has 0 bridgehead atoms. The number of nitriles is 1. The molecule has 0 radical (unpaired) electrons. The van der Waals surface area contributed by atoms with Crippen LogP contribution in [0.5, 0.6) is 5.75 Å². The predicted molar refractivity (Wildman–Crippen MR) is 77.7 cm³/mol. The van der Waals surface area contributed by atoms with Crippen molar-refractivity contribution >= 4 is 11.4 Å². The van der Waals surface area contributed by atoms with Crippen LogP contribution in [-0.2, 0) is 6.61 Å². The first kappa shape index (κ1) is 14.3. The Kier molecular flexibility index (Phi) is 4.05. The molecule has 0 aliphatic carbocycles. The van der Waals surface area contributed by atoms with E-state index < -0.39 is 4.92 Å². The number of nitrogen functional groups attached to an aromatic ring is 1. The summed E-state index contributed by atoms with van der Waals surface area (Å²) in [5.74, 6) is 0.603. The molecule has 0 saturated heterocycles. The van der Waals surface area contributed by atoms with Crippen LogP contribution in [0.15, 0.2) is 36.4 Å². The molecule has 0 heterocycles. The van der Waals surface area contributed by atoms with E-state index in [1.165, 1.54) is 12.1 Å². The lowest BCUT2D eigenvalue weighted by Gasteiger charge is -2.10. The largest absolute Gasteiger partial charge is 0.489 e. The number of hydrogen-bond acceptors (Lipinski definition) is 5. The molecule has 21 heavy (non-hydrogen) atoms. The molecule has 2 rings (SSSR count). The highest BCUT2D eigenvalue weighted by Crippen LogP contribution is 2.24. The second kappa shape index (κ2) is 5.92. The number of aryl methyl sites for hydroxylation is 1. The average Bonchev–Trinajstić information content (AvgIpc) is 2.46. The third-order valence-electron chi connectivity index (χ3n) is 3.00. The summed E-state index contributed by atoms with van der Waals surface area (Å²) in [7, 11) is 0. The summed E-state index contributed by atoms with van der Waals surface area (Å²) in [6, 6.07) is 11.7. The summed E-state index contributed by atoms with van der Waals surface area (Å²) in [6.45, 7) is 2.10. The van der Waals surface area contributed by atoms with Crippen LogP contribution in [0.1, 0.15) is 16.7 Å². The Labute approximate surface area is 121 Å². The van der Waals surface area contributed by atoms with Gasteiger partial charge in [-0.3, -0.25) is 10.1 Å². The smallest absolute Gasteiger partial charge is 0.292 e. The number of anilines is 1. The summed E-state index contributed by atoms with van der Waals surface area (Å²) in [4.78, 5) is 10.2. The van der Waals surface area contributed by atoms with Crippen LogP contribution < -0.4 is 10.5 Å². The number of benzene rings is 2. The van der Waals surface area contributed by atoms with Crippen molar-refractivity contribution in [1.82, 2.24) is 0 Å². The number of nitrogens with zero attached hydrogens (tertiary/aromatic N) is 2. The second-order valence-electron chi connectivity index (χ2n) is 4.53. The minimum Gasteiger partial charge on any atom is -0.489 e. The van der Waals surface area contributed by atoms with Gasteiger partial charge in [-0.15, -0.1) is 0 Å². The van der Waals surface area contributed by atoms with Crippen LogP contribution in [0.25, 0.3) is 0 Å². The van der Waals surface area contributed by atoms with Gasteiger partial charge in [0.2, 0.25) is 0 Å². The Bertz CT molecular complexity index is 735. The lowest BCUT2D eigenvalue weighted by atomic mass is 10.1. The van der Waals surface area contributed by atoms with Crippen LogP contribution >= 0.6 is 0 Å². The summed E-state index contributed by atoms with van der Waals surface area (Å²) in [6.07, 6.45) is 0. The summed E-state index contributed by atoms with van der Waals surface area (Å²) in [5, 5.41) is 19.6. The van der Waals surface area contributed by atoms with Crippen molar-refractivity contribution in [2.24, 2.45) is 0 Å². The van der Waals surface area contributed by atoms with Crippen LogP contribution in [-0.4, -0.2) is 4.92 Å². The van der Waals surface area contributed by atoms with Gasteiger partial charge in [0.15, 0.2) is 0 Å². The Morgan fingerprint density at radius 2 is 2.10 bits per heavy atom. The van der Waals surface area contributed by atoms with E-state index in [0.29, 0.717) is 11.3 Å². The molecule has 106 valence electrons. The summed E-state index contributed by atoms with van der Waals surface area (Å²) < 4.78 is 5.64. The molecule has 0 amide bonds. The van der Waals surface area contributed by atoms with Gasteiger partial charge in [0, 0.05) is 6.07 Å². The molecule has 0 aliphatic rings. The zero-order valence-electron chi connectivity index (χ0n) is 11.4. The van der Waals surface area contributed by atoms with E-state index in [0.717, 1.165) is 11.1 Å². The minimum absolute atomic E-state index is 0.101. The first-order chi connectivity index (χ1) is 10.0. The van der Waals surface area contributed by atoms with Crippen molar-refractivity contribution in [1.29, 1.82) is 5.26 Å². The Morgan fingerprint density at radius 1 is 1.33 bits per heavy atom. The highest BCUT2D eigenvalue weighted by molar-refractivity contribution is 5.59. The van der Waals surface area contributed by atoms with Crippen LogP contribution in [0.4, 0.5) is 11.4 Å². The molecule has 0 atom stereocenters. The standard InChI is InChI=1S/C15H13N3O3/c1-10-2-3-11(8-16)7-15(10)21-9-12-4-5-14(18(19)20)13(17)6-12/h2-7H,9,17H2,1H3. The third kappa shape index (κ3) is 3.28. The monoisotopic (exact) mass is 283 g/mol. The van der Waals surface area contributed by atoms with Crippen molar-refractivity contribution < 1.29 is 9.66 Å². The van der Waals surface area contributed by atoms with Gasteiger partial charge < -0.3 is 10.5 Å². The molecule has 0 fully saturated rings. The molecule has 0 saturated carbocycles. The van der Waals surface area contributed by atoms with E-state index >= 15 is 0 Å². The van der Waals surface area contributed by atoms with E-state index in [1.54, 1.807) is 24.3 Å². The normalized spacial score (nSPS) is 9.90. The number of nitrogens with two attached hydrogens (primary N) is 1. The van der Waals surface area contributed by atoms with Crippen LogP contribution in [0.3, 0.4) is 0 Å². The van der Waals surface area contributed by atoms with Gasteiger partial charge in [-0.05, 0) is 42.3 Å². The van der Waals surface area contributed by atoms with E-state index in [9.17, 15) is 10.1 Å². The highest BCUT2D eigenvalue weighted by Gasteiger charge is 2.11. The minimum atomic E-state index is -0.527. The maximum atomic E-state index is 10.7. The first-order valence-electron chi connectivity index (χ1n) is 6.17. The van der Waals surface area contributed by atoms with Crippen molar-refractivity contribution in [3.8, 4) is 11.8 Å². The lowest BCUT2D eigenvalue weighted by Crippen LogP contribution is -2.01. The molecular weight excluding hydrogens is 270 g/mol. The van der Waals surface area contributed by atoms with E-state index in [2.05, 4.69) is 0 Å². The quantitative estimate of drug-likeness (QED) is 0.528. The van der Waals surface area contributed by atoms with Gasteiger partial charge in [-0.2, -0.15) is 5.26 Å². The van der Waals surface area contributed by atoms with Crippen molar-refractivity contribution in [2.75, 3.05) is 5.73 Å². The van der Waals surface area contributed by atoms with Crippen molar-refractivity contribution in [3.63, 3.8) is 0 Å². The summed E-state index contributed by atoms with van der Waals surface area (Å²) in [5.41, 5.74) is 7.74. The fourth-order valence-electron chi connectivity index (χ4n) is 1.85. The number of nitro benzene ring substituents is 1. The van der Waals surface area contributed by atoms with Gasteiger partial charge in [-0.25, -0.2) is 0 Å². The molecule has 6 heteroatoms. The number of nitro groups is 1. The van der Waals surface area contributed by atoms with Gasteiger partial charge in [0.25, 0.3) is 5.69 Å². The molecule has 0 spiro atoms. The van der Waals surface area contributed by atoms with E-state index in [-0.39, 0.29) is 18.0 Å². The van der Waals surface area contributed by atoms with E-state index in [1.807, 2.05) is 13.0 Å². The fraction of sp³-hybridized carbons (Fsp3) is 0.133. The number of ether oxygens (including phenoxy) is 1. The van der Waals surface area contributed by atoms with Crippen molar-refractivity contribution in [2.45, 2.75) is 13.5 Å². The Balaban J connectivity index is 2.15. The van der Waals surface area contributed by atoms with Gasteiger partial charge in [-0.1, -0.05) is 6.07 Å². The molecule has 6 nitrogen and oxygen atoms in total. The molecular formula is C15H13N3O3. The Morgan fingerprint density at radius 3 is 2.71 bits per heavy atom. The second-order valence-corrected chi connectivity index (χ2v) is 4.53. The molecule has 2 aromatic rings. The van der Waals surface area contributed by atoms with Gasteiger partial charge in [0.05, 0.1) is 16.6 Å². The fourth-order valence-corrected chi connectivity index (χ4v) is 1.85. The maximum Gasteiger partial charge on any atom is 0.292 e. The van der Waals surface area contributed by atoms with Crippen molar-refractivity contribution in [3.05, 3.63) is 63.2 Å². The summed E-state index contributed by atoms with van der Waals surface area (Å²) >= 11 is 0. The maximum absolute atomic E-state index is 10.7. The number of hydrogen-bond donors (Lipinski definition) is 1. The Hall–Kier alpha value is -3.07.